The third kappa shape index (κ3) is 3.53. The van der Waals surface area contributed by atoms with Crippen molar-refractivity contribution < 1.29 is 4.74 Å². The highest BCUT2D eigenvalue weighted by Gasteiger charge is 2.26. The number of morpholine rings is 1. The zero-order valence-corrected chi connectivity index (χ0v) is 12.0. The van der Waals surface area contributed by atoms with Crippen LogP contribution in [-0.4, -0.2) is 40.8 Å². The Morgan fingerprint density at radius 2 is 2.16 bits per heavy atom. The standard InChI is InChI=1S/C13H23N5O/c1-4-11-15-12(14)17-13(16-11)18-5-6-19-8-10(18)7-9(2)3/h9-10H,4-8H2,1-3H3,(H2,14,15,16,17)/t10-/m0/s1. The molecular formula is C13H23N5O. The lowest BCUT2D eigenvalue weighted by Gasteiger charge is -2.36. The van der Waals surface area contributed by atoms with Gasteiger partial charge in [0.25, 0.3) is 0 Å². The maximum atomic E-state index is 5.77. The Bertz CT molecular complexity index is 423. The van der Waals surface area contributed by atoms with Crippen molar-refractivity contribution in [3.8, 4) is 0 Å². The van der Waals surface area contributed by atoms with Crippen LogP contribution in [0.5, 0.6) is 0 Å². The second-order valence-corrected chi connectivity index (χ2v) is 5.32. The highest BCUT2D eigenvalue weighted by Crippen LogP contribution is 2.21. The van der Waals surface area contributed by atoms with Gasteiger partial charge >= 0.3 is 0 Å². The summed E-state index contributed by atoms with van der Waals surface area (Å²) in [5.74, 6) is 2.35. The molecule has 0 aliphatic carbocycles. The van der Waals surface area contributed by atoms with Gasteiger partial charge in [0.05, 0.1) is 19.3 Å². The molecule has 1 fully saturated rings. The summed E-state index contributed by atoms with van der Waals surface area (Å²) >= 11 is 0. The largest absolute Gasteiger partial charge is 0.377 e. The third-order valence-electron chi connectivity index (χ3n) is 3.23. The summed E-state index contributed by atoms with van der Waals surface area (Å²) in [5, 5.41) is 0. The summed E-state index contributed by atoms with van der Waals surface area (Å²) in [6, 6.07) is 0.320. The van der Waals surface area contributed by atoms with Crippen LogP contribution < -0.4 is 10.6 Å². The highest BCUT2D eigenvalue weighted by atomic mass is 16.5. The Morgan fingerprint density at radius 1 is 1.37 bits per heavy atom. The molecule has 0 unspecified atom stereocenters. The number of anilines is 2. The smallest absolute Gasteiger partial charge is 0.230 e. The predicted molar refractivity (Wildman–Crippen MR) is 75.0 cm³/mol. The molecule has 1 aromatic heterocycles. The molecule has 2 N–H and O–H groups in total. The van der Waals surface area contributed by atoms with Crippen molar-refractivity contribution >= 4 is 11.9 Å². The van der Waals surface area contributed by atoms with Crippen molar-refractivity contribution in [2.75, 3.05) is 30.4 Å². The van der Waals surface area contributed by atoms with Gasteiger partial charge in [-0.05, 0) is 12.3 Å². The Morgan fingerprint density at radius 3 is 2.84 bits per heavy atom. The number of nitrogens with zero attached hydrogens (tertiary/aromatic N) is 4. The van der Waals surface area contributed by atoms with Crippen LogP contribution in [0.4, 0.5) is 11.9 Å². The molecule has 2 rings (SSSR count). The maximum Gasteiger partial charge on any atom is 0.230 e. The van der Waals surface area contributed by atoms with Crippen molar-refractivity contribution in [3.05, 3.63) is 5.82 Å². The Balaban J connectivity index is 2.23. The first-order valence-corrected chi connectivity index (χ1v) is 6.95. The molecule has 1 aliphatic heterocycles. The van der Waals surface area contributed by atoms with Gasteiger partial charge in [-0.2, -0.15) is 15.0 Å². The number of hydrogen-bond acceptors (Lipinski definition) is 6. The Hall–Kier alpha value is -1.43. The molecular weight excluding hydrogens is 242 g/mol. The molecule has 6 heteroatoms. The van der Waals surface area contributed by atoms with E-state index < -0.39 is 0 Å². The van der Waals surface area contributed by atoms with Crippen molar-refractivity contribution in [1.29, 1.82) is 0 Å². The molecule has 0 radical (unpaired) electrons. The predicted octanol–water partition coefficient (Wildman–Crippen LogP) is 1.27. The van der Waals surface area contributed by atoms with Gasteiger partial charge in [0, 0.05) is 13.0 Å². The normalized spacial score (nSPS) is 20.0. The highest BCUT2D eigenvalue weighted by molar-refractivity contribution is 5.36. The van der Waals surface area contributed by atoms with Crippen LogP contribution in [-0.2, 0) is 11.2 Å². The van der Waals surface area contributed by atoms with Gasteiger partial charge in [0.2, 0.25) is 11.9 Å². The molecule has 0 saturated carbocycles. The number of nitrogens with two attached hydrogens (primary N) is 1. The van der Waals surface area contributed by atoms with E-state index in [-0.39, 0.29) is 0 Å². The molecule has 0 amide bonds. The van der Waals surface area contributed by atoms with E-state index in [0.29, 0.717) is 30.5 Å². The summed E-state index contributed by atoms with van der Waals surface area (Å²) in [7, 11) is 0. The summed E-state index contributed by atoms with van der Waals surface area (Å²) in [5.41, 5.74) is 5.77. The maximum absolute atomic E-state index is 5.77. The minimum absolute atomic E-state index is 0.302. The van der Waals surface area contributed by atoms with E-state index in [1.54, 1.807) is 0 Å². The van der Waals surface area contributed by atoms with Crippen LogP contribution in [0.2, 0.25) is 0 Å². The van der Waals surface area contributed by atoms with Crippen LogP contribution in [0.3, 0.4) is 0 Å². The molecule has 1 saturated heterocycles. The number of aromatic nitrogens is 3. The summed E-state index contributed by atoms with van der Waals surface area (Å²) in [6.07, 6.45) is 1.83. The molecule has 0 bridgehead atoms. The van der Waals surface area contributed by atoms with Gasteiger partial charge < -0.3 is 15.4 Å². The first kappa shape index (κ1) is 14.0. The molecule has 106 valence electrons. The lowest BCUT2D eigenvalue weighted by Crippen LogP contribution is -2.47. The fraction of sp³-hybridized carbons (Fsp3) is 0.769. The molecule has 0 spiro atoms. The topological polar surface area (TPSA) is 77.2 Å². The first-order chi connectivity index (χ1) is 9.10. The fourth-order valence-electron chi connectivity index (χ4n) is 2.37. The van der Waals surface area contributed by atoms with E-state index >= 15 is 0 Å². The van der Waals surface area contributed by atoms with Gasteiger partial charge in [-0.1, -0.05) is 20.8 Å². The molecule has 6 nitrogen and oxygen atoms in total. The minimum Gasteiger partial charge on any atom is -0.377 e. The van der Waals surface area contributed by atoms with Gasteiger partial charge in [-0.15, -0.1) is 0 Å². The van der Waals surface area contributed by atoms with Crippen LogP contribution >= 0.6 is 0 Å². The monoisotopic (exact) mass is 265 g/mol. The van der Waals surface area contributed by atoms with E-state index in [0.717, 1.165) is 31.8 Å². The number of aryl methyl sites for hydroxylation is 1. The zero-order chi connectivity index (χ0) is 13.8. The number of hydrogen-bond donors (Lipinski definition) is 1. The van der Waals surface area contributed by atoms with Gasteiger partial charge in [0.1, 0.15) is 5.82 Å². The van der Waals surface area contributed by atoms with Crippen LogP contribution in [0.15, 0.2) is 0 Å². The molecule has 0 aromatic carbocycles. The van der Waals surface area contributed by atoms with E-state index in [9.17, 15) is 0 Å². The van der Waals surface area contributed by atoms with Crippen molar-refractivity contribution in [2.45, 2.75) is 39.7 Å². The molecule has 19 heavy (non-hydrogen) atoms. The second-order valence-electron chi connectivity index (χ2n) is 5.32. The van der Waals surface area contributed by atoms with E-state index in [2.05, 4.69) is 33.7 Å². The Labute approximate surface area is 114 Å². The molecule has 1 aromatic rings. The first-order valence-electron chi connectivity index (χ1n) is 6.95. The molecule has 1 atom stereocenters. The number of rotatable bonds is 4. The molecule has 1 aliphatic rings. The SMILES string of the molecule is CCc1nc(N)nc(N2CCOC[C@@H]2CC(C)C)n1. The number of ether oxygens (including phenoxy) is 1. The van der Waals surface area contributed by atoms with Gasteiger partial charge in [0.15, 0.2) is 0 Å². The summed E-state index contributed by atoms with van der Waals surface area (Å²) < 4.78 is 5.58. The second kappa shape index (κ2) is 6.14. The Kier molecular flexibility index (Phi) is 4.52. The lowest BCUT2D eigenvalue weighted by molar-refractivity contribution is 0.0868. The molecule has 2 heterocycles. The lowest BCUT2D eigenvalue weighted by atomic mass is 10.0. The van der Waals surface area contributed by atoms with E-state index in [4.69, 9.17) is 10.5 Å². The number of nitrogen functional groups attached to an aromatic ring is 1. The summed E-state index contributed by atoms with van der Waals surface area (Å²) in [4.78, 5) is 15.1. The van der Waals surface area contributed by atoms with Crippen LogP contribution in [0, 0.1) is 5.92 Å². The van der Waals surface area contributed by atoms with Gasteiger partial charge in [-0.3, -0.25) is 0 Å². The average Bonchev–Trinajstić information content (AvgIpc) is 2.38. The van der Waals surface area contributed by atoms with Gasteiger partial charge in [-0.25, -0.2) is 0 Å². The summed E-state index contributed by atoms with van der Waals surface area (Å²) in [6.45, 7) is 8.69. The zero-order valence-electron chi connectivity index (χ0n) is 12.0. The van der Waals surface area contributed by atoms with Crippen molar-refractivity contribution in [2.24, 2.45) is 5.92 Å². The van der Waals surface area contributed by atoms with Crippen molar-refractivity contribution in [3.63, 3.8) is 0 Å². The van der Waals surface area contributed by atoms with Crippen LogP contribution in [0.25, 0.3) is 0 Å². The van der Waals surface area contributed by atoms with Crippen molar-refractivity contribution in [1.82, 2.24) is 15.0 Å². The van der Waals surface area contributed by atoms with E-state index in [1.165, 1.54) is 0 Å². The van der Waals surface area contributed by atoms with E-state index in [1.807, 2.05) is 6.92 Å². The minimum atomic E-state index is 0.302. The average molecular weight is 265 g/mol. The third-order valence-corrected chi connectivity index (χ3v) is 3.23. The quantitative estimate of drug-likeness (QED) is 0.883. The van der Waals surface area contributed by atoms with Crippen LogP contribution in [0.1, 0.15) is 33.0 Å². The fourth-order valence-corrected chi connectivity index (χ4v) is 2.37.